The fourth-order valence-corrected chi connectivity index (χ4v) is 2.12. The molecule has 0 aliphatic heterocycles. The normalized spacial score (nSPS) is 11.4. The van der Waals surface area contributed by atoms with Gasteiger partial charge in [-0.15, -0.1) is 0 Å². The highest BCUT2D eigenvalue weighted by molar-refractivity contribution is 6.74. The predicted octanol–water partition coefficient (Wildman–Crippen LogP) is 4.57. The number of rotatable bonds is 2. The quantitative estimate of drug-likeness (QED) is 0.429. The number of hydrogen-bond donors (Lipinski definition) is 0. The van der Waals surface area contributed by atoms with Crippen LogP contribution in [-0.4, -0.2) is 8.32 Å². The van der Waals surface area contributed by atoms with Crippen molar-refractivity contribution in [2.24, 2.45) is 0 Å². The zero-order valence-electron chi connectivity index (χ0n) is 12.0. The van der Waals surface area contributed by atoms with Gasteiger partial charge in [0.15, 0.2) is 0 Å². The maximum atomic E-state index is 5.99. The molecule has 0 amide bonds. The molecule has 1 nitrogen and oxygen atoms in total. The van der Waals surface area contributed by atoms with Gasteiger partial charge in [-0.1, -0.05) is 44.9 Å². The monoisotopic (exact) mass is 258 g/mol. The van der Waals surface area contributed by atoms with E-state index in [2.05, 4.69) is 52.3 Å². The van der Waals surface area contributed by atoms with E-state index in [-0.39, 0.29) is 5.04 Å². The molecule has 1 rings (SSSR count). The Labute approximate surface area is 112 Å². The Balaban J connectivity index is 2.72. The molecule has 96 valence electrons. The Bertz CT molecular complexity index is 469. The minimum atomic E-state index is -1.81. The van der Waals surface area contributed by atoms with Crippen molar-refractivity contribution >= 4 is 8.32 Å². The Hall–Kier alpha value is -1.46. The average Bonchev–Trinajstić information content (AvgIpc) is 2.26. The Morgan fingerprint density at radius 1 is 1.17 bits per heavy atom. The minimum Gasteiger partial charge on any atom is -0.538 e. The first-order valence-corrected chi connectivity index (χ1v) is 9.08. The first-order valence-electron chi connectivity index (χ1n) is 6.17. The van der Waals surface area contributed by atoms with Gasteiger partial charge in [-0.2, -0.15) is 0 Å². The summed E-state index contributed by atoms with van der Waals surface area (Å²) < 4.78 is 5.99. The second-order valence-electron chi connectivity index (χ2n) is 5.90. The van der Waals surface area contributed by atoms with Gasteiger partial charge in [0.1, 0.15) is 5.76 Å². The van der Waals surface area contributed by atoms with Gasteiger partial charge in [-0.3, -0.25) is 0 Å². The van der Waals surface area contributed by atoms with Crippen LogP contribution in [0.3, 0.4) is 0 Å². The zero-order chi connectivity index (χ0) is 13.8. The maximum Gasteiger partial charge on any atom is 0.251 e. The molecule has 18 heavy (non-hydrogen) atoms. The van der Waals surface area contributed by atoms with E-state index in [9.17, 15) is 0 Å². The Morgan fingerprint density at radius 3 is 2.22 bits per heavy atom. The molecule has 2 heteroatoms. The molecule has 0 heterocycles. The highest BCUT2D eigenvalue weighted by Gasteiger charge is 2.38. The van der Waals surface area contributed by atoms with Gasteiger partial charge in [0.05, 0.1) is 0 Å². The first-order chi connectivity index (χ1) is 8.22. The molecule has 1 aromatic rings. The second-order valence-corrected chi connectivity index (χ2v) is 10.6. The maximum absolute atomic E-state index is 5.99. The molecule has 0 aromatic heterocycles. The molecule has 0 saturated heterocycles. The van der Waals surface area contributed by atoms with Gasteiger partial charge >= 0.3 is 0 Å². The fraction of sp³-hybridized carbons (Fsp3) is 0.375. The summed E-state index contributed by atoms with van der Waals surface area (Å²) in [5, 5.41) is 0.171. The standard InChI is InChI=1S/C16H22OSi/c1-14(17-18(5,6)16(2,3)4)12-13-15-10-8-7-9-11-15/h7-11H,1H2,2-6H3. The SMILES string of the molecule is C=C(C#Cc1ccccc1)O[Si](C)(C)C(C)(C)C. The number of benzene rings is 1. The molecule has 0 spiro atoms. The van der Waals surface area contributed by atoms with Crippen molar-refractivity contribution in [1.82, 2.24) is 0 Å². The van der Waals surface area contributed by atoms with Crippen LogP contribution < -0.4 is 0 Å². The van der Waals surface area contributed by atoms with E-state index >= 15 is 0 Å². The van der Waals surface area contributed by atoms with Crippen LogP contribution in [0.5, 0.6) is 0 Å². The van der Waals surface area contributed by atoms with E-state index < -0.39 is 8.32 Å². The first kappa shape index (κ1) is 14.6. The third-order valence-electron chi connectivity index (χ3n) is 3.30. The summed E-state index contributed by atoms with van der Waals surface area (Å²) in [4.78, 5) is 0. The molecule has 0 unspecified atom stereocenters. The summed E-state index contributed by atoms with van der Waals surface area (Å²) in [7, 11) is -1.81. The Kier molecular flexibility index (Phi) is 4.42. The predicted molar refractivity (Wildman–Crippen MR) is 80.7 cm³/mol. The van der Waals surface area contributed by atoms with Crippen molar-refractivity contribution in [2.45, 2.75) is 38.9 Å². The average molecular weight is 258 g/mol. The molecule has 0 N–H and O–H groups in total. The van der Waals surface area contributed by atoms with Gasteiger partial charge in [-0.25, -0.2) is 0 Å². The summed E-state index contributed by atoms with van der Waals surface area (Å²) in [6.45, 7) is 14.9. The van der Waals surface area contributed by atoms with Crippen LogP contribution >= 0.6 is 0 Å². The van der Waals surface area contributed by atoms with Gasteiger partial charge in [-0.05, 0) is 42.8 Å². The molecule has 0 radical (unpaired) electrons. The molecular formula is C16H22OSi. The van der Waals surface area contributed by atoms with Crippen molar-refractivity contribution in [2.75, 3.05) is 0 Å². The minimum absolute atomic E-state index is 0.171. The fourth-order valence-electron chi connectivity index (χ4n) is 1.15. The molecule has 0 bridgehead atoms. The Morgan fingerprint density at radius 2 is 1.72 bits per heavy atom. The topological polar surface area (TPSA) is 9.23 Å². The summed E-state index contributed by atoms with van der Waals surface area (Å²) in [5.74, 6) is 6.64. The lowest BCUT2D eigenvalue weighted by Gasteiger charge is -2.36. The molecular weight excluding hydrogens is 236 g/mol. The lowest BCUT2D eigenvalue weighted by atomic mass is 10.2. The van der Waals surface area contributed by atoms with Crippen LogP contribution in [0.15, 0.2) is 42.7 Å². The number of allylic oxidation sites excluding steroid dienone is 1. The van der Waals surface area contributed by atoms with E-state index in [1.807, 2.05) is 30.3 Å². The smallest absolute Gasteiger partial charge is 0.251 e. The molecule has 0 atom stereocenters. The zero-order valence-corrected chi connectivity index (χ0v) is 13.0. The molecule has 0 fully saturated rings. The van der Waals surface area contributed by atoms with Gasteiger partial charge in [0, 0.05) is 5.56 Å². The van der Waals surface area contributed by atoms with Crippen molar-refractivity contribution in [3.8, 4) is 11.8 Å². The largest absolute Gasteiger partial charge is 0.538 e. The summed E-state index contributed by atoms with van der Waals surface area (Å²) >= 11 is 0. The van der Waals surface area contributed by atoms with Crippen molar-refractivity contribution in [3.05, 3.63) is 48.2 Å². The van der Waals surface area contributed by atoms with Crippen molar-refractivity contribution in [3.63, 3.8) is 0 Å². The molecule has 1 aromatic carbocycles. The molecule has 0 aliphatic carbocycles. The third-order valence-corrected chi connectivity index (χ3v) is 7.67. The lowest BCUT2D eigenvalue weighted by Crippen LogP contribution is -2.40. The van der Waals surface area contributed by atoms with E-state index in [4.69, 9.17) is 4.43 Å². The van der Waals surface area contributed by atoms with Crippen LogP contribution in [0.2, 0.25) is 18.1 Å². The van der Waals surface area contributed by atoms with E-state index in [0.717, 1.165) is 5.56 Å². The van der Waals surface area contributed by atoms with Gasteiger partial charge in [0.25, 0.3) is 8.32 Å². The van der Waals surface area contributed by atoms with Crippen molar-refractivity contribution < 1.29 is 4.43 Å². The van der Waals surface area contributed by atoms with E-state index in [0.29, 0.717) is 5.76 Å². The third kappa shape index (κ3) is 4.08. The van der Waals surface area contributed by atoms with E-state index in [1.165, 1.54) is 0 Å². The van der Waals surface area contributed by atoms with Crippen LogP contribution in [0.4, 0.5) is 0 Å². The van der Waals surface area contributed by atoms with Crippen LogP contribution in [0.1, 0.15) is 26.3 Å². The number of hydrogen-bond acceptors (Lipinski definition) is 1. The molecule has 0 saturated carbocycles. The van der Waals surface area contributed by atoms with E-state index in [1.54, 1.807) is 0 Å². The van der Waals surface area contributed by atoms with Crippen LogP contribution in [0, 0.1) is 11.8 Å². The van der Waals surface area contributed by atoms with Gasteiger partial charge < -0.3 is 4.43 Å². The lowest BCUT2D eigenvalue weighted by molar-refractivity contribution is 0.406. The highest BCUT2D eigenvalue weighted by Crippen LogP contribution is 2.37. The summed E-state index contributed by atoms with van der Waals surface area (Å²) in [6.07, 6.45) is 0. The second kappa shape index (κ2) is 5.45. The van der Waals surface area contributed by atoms with Crippen molar-refractivity contribution in [1.29, 1.82) is 0 Å². The van der Waals surface area contributed by atoms with Crippen LogP contribution in [-0.2, 0) is 4.43 Å². The molecule has 0 aliphatic rings. The van der Waals surface area contributed by atoms with Crippen LogP contribution in [0.25, 0.3) is 0 Å². The highest BCUT2D eigenvalue weighted by atomic mass is 28.4. The van der Waals surface area contributed by atoms with Gasteiger partial charge in [0.2, 0.25) is 0 Å². The summed E-state index contributed by atoms with van der Waals surface area (Å²) in [5.41, 5.74) is 0.984. The summed E-state index contributed by atoms with van der Waals surface area (Å²) in [6, 6.07) is 9.88.